The Morgan fingerprint density at radius 2 is 2.33 bits per heavy atom. The van der Waals surface area contributed by atoms with Crippen molar-refractivity contribution in [2.24, 2.45) is 0 Å². The maximum absolute atomic E-state index is 11.9. The Kier molecular flexibility index (Phi) is 3.86. The second kappa shape index (κ2) is 5.39. The van der Waals surface area contributed by atoms with Crippen LogP contribution in [0.15, 0.2) is 22.7 Å². The number of carbonyl (C=O) groups excluding carboxylic acids is 2. The van der Waals surface area contributed by atoms with Gasteiger partial charge in [-0.1, -0.05) is 15.9 Å². The number of rotatable bonds is 3. The Bertz CT molecular complexity index is 490. The van der Waals surface area contributed by atoms with Gasteiger partial charge < -0.3 is 15.4 Å². The van der Waals surface area contributed by atoms with E-state index >= 15 is 0 Å². The van der Waals surface area contributed by atoms with Crippen LogP contribution in [0.3, 0.4) is 0 Å². The van der Waals surface area contributed by atoms with E-state index in [4.69, 9.17) is 4.74 Å². The van der Waals surface area contributed by atoms with Crippen LogP contribution in [0.2, 0.25) is 0 Å². The SMILES string of the molecule is COc1ccc(Br)cc1NC(=O)C1CCC(=O)N1. The fourth-order valence-electron chi connectivity index (χ4n) is 1.81. The Labute approximate surface area is 113 Å². The van der Waals surface area contributed by atoms with Crippen molar-refractivity contribution in [3.05, 3.63) is 22.7 Å². The third-order valence-electron chi connectivity index (χ3n) is 2.73. The molecule has 96 valence electrons. The molecular weight excluding hydrogens is 300 g/mol. The van der Waals surface area contributed by atoms with Gasteiger partial charge in [-0.25, -0.2) is 0 Å². The number of benzene rings is 1. The average Bonchev–Trinajstić information content (AvgIpc) is 2.76. The normalized spacial score (nSPS) is 18.3. The monoisotopic (exact) mass is 312 g/mol. The lowest BCUT2D eigenvalue weighted by molar-refractivity contribution is -0.122. The molecule has 1 fully saturated rings. The second-order valence-corrected chi connectivity index (χ2v) is 4.91. The molecule has 0 spiro atoms. The zero-order valence-electron chi connectivity index (χ0n) is 9.83. The van der Waals surface area contributed by atoms with Gasteiger partial charge in [-0.2, -0.15) is 0 Å². The van der Waals surface area contributed by atoms with E-state index in [2.05, 4.69) is 26.6 Å². The number of halogens is 1. The predicted molar refractivity (Wildman–Crippen MR) is 70.5 cm³/mol. The predicted octanol–water partition coefficient (Wildman–Crippen LogP) is 1.67. The summed E-state index contributed by atoms with van der Waals surface area (Å²) in [6.07, 6.45) is 0.925. The van der Waals surface area contributed by atoms with Gasteiger partial charge in [0, 0.05) is 10.9 Å². The van der Waals surface area contributed by atoms with E-state index in [9.17, 15) is 9.59 Å². The molecule has 1 aromatic carbocycles. The van der Waals surface area contributed by atoms with Crippen molar-refractivity contribution in [3.63, 3.8) is 0 Å². The minimum absolute atomic E-state index is 0.0867. The summed E-state index contributed by atoms with van der Waals surface area (Å²) < 4.78 is 6.00. The van der Waals surface area contributed by atoms with Crippen LogP contribution in [0.1, 0.15) is 12.8 Å². The Morgan fingerprint density at radius 1 is 1.56 bits per heavy atom. The largest absolute Gasteiger partial charge is 0.495 e. The third-order valence-corrected chi connectivity index (χ3v) is 3.22. The molecular formula is C12H13BrN2O3. The van der Waals surface area contributed by atoms with Crippen molar-refractivity contribution in [2.75, 3.05) is 12.4 Å². The first-order valence-electron chi connectivity index (χ1n) is 5.54. The first kappa shape index (κ1) is 12.9. The summed E-state index contributed by atoms with van der Waals surface area (Å²) in [7, 11) is 1.54. The van der Waals surface area contributed by atoms with Gasteiger partial charge in [-0.3, -0.25) is 9.59 Å². The van der Waals surface area contributed by atoms with E-state index in [0.29, 0.717) is 24.3 Å². The van der Waals surface area contributed by atoms with E-state index in [0.717, 1.165) is 4.47 Å². The third kappa shape index (κ3) is 2.81. The number of carbonyl (C=O) groups is 2. The maximum atomic E-state index is 11.9. The molecule has 1 atom stereocenters. The summed E-state index contributed by atoms with van der Waals surface area (Å²) in [4.78, 5) is 23.0. The first-order chi connectivity index (χ1) is 8.60. The van der Waals surface area contributed by atoms with Gasteiger partial charge in [-0.15, -0.1) is 0 Å². The van der Waals surface area contributed by atoms with E-state index < -0.39 is 6.04 Å². The molecule has 1 aliphatic heterocycles. The molecule has 2 N–H and O–H groups in total. The summed E-state index contributed by atoms with van der Waals surface area (Å²) in [5.74, 6) is 0.268. The van der Waals surface area contributed by atoms with E-state index in [1.54, 1.807) is 12.1 Å². The van der Waals surface area contributed by atoms with Crippen molar-refractivity contribution in [3.8, 4) is 5.75 Å². The average molecular weight is 313 g/mol. The number of nitrogens with one attached hydrogen (secondary N) is 2. The summed E-state index contributed by atoms with van der Waals surface area (Å²) in [6, 6.07) is 4.88. The molecule has 1 heterocycles. The first-order valence-corrected chi connectivity index (χ1v) is 6.33. The van der Waals surface area contributed by atoms with Crippen LogP contribution < -0.4 is 15.4 Å². The van der Waals surface area contributed by atoms with Crippen LogP contribution in [-0.4, -0.2) is 25.0 Å². The van der Waals surface area contributed by atoms with Crippen LogP contribution in [0.25, 0.3) is 0 Å². The minimum atomic E-state index is -0.457. The second-order valence-electron chi connectivity index (χ2n) is 3.99. The number of hydrogen-bond donors (Lipinski definition) is 2. The Morgan fingerprint density at radius 3 is 2.94 bits per heavy atom. The molecule has 1 aliphatic rings. The lowest BCUT2D eigenvalue weighted by Crippen LogP contribution is -2.37. The van der Waals surface area contributed by atoms with Gasteiger partial charge in [0.2, 0.25) is 11.8 Å². The standard InChI is InChI=1S/C12H13BrN2O3/c1-18-10-4-2-7(13)6-9(10)15-12(17)8-3-5-11(16)14-8/h2,4,6,8H,3,5H2,1H3,(H,14,16)(H,15,17). The zero-order valence-corrected chi connectivity index (χ0v) is 11.4. The highest BCUT2D eigenvalue weighted by Crippen LogP contribution is 2.28. The highest BCUT2D eigenvalue weighted by molar-refractivity contribution is 9.10. The van der Waals surface area contributed by atoms with Gasteiger partial charge in [0.15, 0.2) is 0 Å². The Hall–Kier alpha value is -1.56. The van der Waals surface area contributed by atoms with Crippen LogP contribution >= 0.6 is 15.9 Å². The highest BCUT2D eigenvalue weighted by Gasteiger charge is 2.27. The molecule has 6 heteroatoms. The lowest BCUT2D eigenvalue weighted by Gasteiger charge is -2.13. The summed E-state index contributed by atoms with van der Waals surface area (Å²) >= 11 is 3.33. The van der Waals surface area contributed by atoms with E-state index in [1.165, 1.54) is 7.11 Å². The van der Waals surface area contributed by atoms with Gasteiger partial charge >= 0.3 is 0 Å². The van der Waals surface area contributed by atoms with Crippen LogP contribution in [0.4, 0.5) is 5.69 Å². The molecule has 1 aromatic rings. The Balaban J connectivity index is 2.11. The minimum Gasteiger partial charge on any atom is -0.495 e. The molecule has 1 saturated heterocycles. The van der Waals surface area contributed by atoms with Crippen molar-refractivity contribution < 1.29 is 14.3 Å². The topological polar surface area (TPSA) is 67.4 Å². The molecule has 18 heavy (non-hydrogen) atoms. The smallest absolute Gasteiger partial charge is 0.247 e. The highest BCUT2D eigenvalue weighted by atomic mass is 79.9. The van der Waals surface area contributed by atoms with Crippen molar-refractivity contribution >= 4 is 33.4 Å². The number of hydrogen-bond acceptors (Lipinski definition) is 3. The molecule has 0 saturated carbocycles. The maximum Gasteiger partial charge on any atom is 0.247 e. The molecule has 2 amide bonds. The lowest BCUT2D eigenvalue weighted by atomic mass is 10.2. The molecule has 0 bridgehead atoms. The van der Waals surface area contributed by atoms with Gasteiger partial charge in [-0.05, 0) is 24.6 Å². The molecule has 2 rings (SSSR count). The van der Waals surface area contributed by atoms with Gasteiger partial charge in [0.25, 0.3) is 0 Å². The summed E-state index contributed by atoms with van der Waals surface area (Å²) in [5.41, 5.74) is 0.582. The fraction of sp³-hybridized carbons (Fsp3) is 0.333. The molecule has 0 aromatic heterocycles. The van der Waals surface area contributed by atoms with E-state index in [1.807, 2.05) is 6.07 Å². The van der Waals surface area contributed by atoms with Gasteiger partial charge in [0.1, 0.15) is 11.8 Å². The van der Waals surface area contributed by atoms with Crippen molar-refractivity contribution in [1.29, 1.82) is 0 Å². The summed E-state index contributed by atoms with van der Waals surface area (Å²) in [6.45, 7) is 0. The molecule has 0 radical (unpaired) electrons. The van der Waals surface area contributed by atoms with Crippen LogP contribution in [-0.2, 0) is 9.59 Å². The number of methoxy groups -OCH3 is 1. The zero-order chi connectivity index (χ0) is 13.1. The number of amides is 2. The summed E-state index contributed by atoms with van der Waals surface area (Å²) in [5, 5.41) is 5.38. The van der Waals surface area contributed by atoms with Gasteiger partial charge in [0.05, 0.1) is 12.8 Å². The number of anilines is 1. The molecule has 1 unspecified atom stereocenters. The number of ether oxygens (including phenoxy) is 1. The van der Waals surface area contributed by atoms with Crippen LogP contribution in [0, 0.1) is 0 Å². The van der Waals surface area contributed by atoms with Crippen molar-refractivity contribution in [2.45, 2.75) is 18.9 Å². The van der Waals surface area contributed by atoms with E-state index in [-0.39, 0.29) is 11.8 Å². The quantitative estimate of drug-likeness (QED) is 0.892. The fourth-order valence-corrected chi connectivity index (χ4v) is 2.17. The molecule has 0 aliphatic carbocycles. The van der Waals surface area contributed by atoms with Crippen LogP contribution in [0.5, 0.6) is 5.75 Å². The molecule has 5 nitrogen and oxygen atoms in total. The van der Waals surface area contributed by atoms with Crippen molar-refractivity contribution in [1.82, 2.24) is 5.32 Å².